The molecule has 0 saturated carbocycles. The Kier molecular flexibility index (Phi) is 2.40. The van der Waals surface area contributed by atoms with Crippen molar-refractivity contribution in [3.63, 3.8) is 0 Å². The zero-order valence-corrected chi connectivity index (χ0v) is 7.34. The minimum Gasteiger partial charge on any atom is -0.508 e. The van der Waals surface area contributed by atoms with Gasteiger partial charge in [-0.05, 0) is 18.2 Å². The molecule has 0 radical (unpaired) electrons. The molecule has 0 aliphatic rings. The molecular weight excluding hydrogens is 178 g/mol. The maximum atomic E-state index is 12.9. The molecule has 0 saturated heterocycles. The molecule has 13 heavy (non-hydrogen) atoms. The van der Waals surface area contributed by atoms with Gasteiger partial charge in [-0.2, -0.15) is 0 Å². The van der Waals surface area contributed by atoms with E-state index in [2.05, 4.69) is 0 Å². The van der Waals surface area contributed by atoms with Crippen LogP contribution in [0.5, 0.6) is 11.5 Å². The van der Waals surface area contributed by atoms with Crippen LogP contribution in [0.1, 0.15) is 12.5 Å². The predicted molar refractivity (Wildman–Crippen MR) is 44.2 cm³/mol. The van der Waals surface area contributed by atoms with Crippen molar-refractivity contribution in [1.82, 2.24) is 0 Å². The van der Waals surface area contributed by atoms with E-state index in [9.17, 15) is 8.78 Å². The number of rotatable bonds is 2. The van der Waals surface area contributed by atoms with Crippen molar-refractivity contribution >= 4 is 0 Å². The number of alkyl halides is 2. The van der Waals surface area contributed by atoms with Crippen LogP contribution in [0.3, 0.4) is 0 Å². The lowest BCUT2D eigenvalue weighted by Gasteiger charge is -2.14. The number of methoxy groups -OCH3 is 1. The molecule has 1 N–H and O–H groups in total. The van der Waals surface area contributed by atoms with Gasteiger partial charge in [-0.3, -0.25) is 0 Å². The second kappa shape index (κ2) is 3.20. The molecule has 0 atom stereocenters. The van der Waals surface area contributed by atoms with Crippen LogP contribution in [0, 0.1) is 0 Å². The van der Waals surface area contributed by atoms with E-state index in [0.717, 1.165) is 13.0 Å². The minimum atomic E-state index is -3.01. The van der Waals surface area contributed by atoms with Crippen molar-refractivity contribution in [3.8, 4) is 11.5 Å². The quantitative estimate of drug-likeness (QED) is 0.772. The first-order valence-electron chi connectivity index (χ1n) is 3.70. The summed E-state index contributed by atoms with van der Waals surface area (Å²) in [6.07, 6.45) is 0. The number of halogens is 2. The molecule has 2 nitrogen and oxygen atoms in total. The molecule has 0 spiro atoms. The molecule has 1 aromatic rings. The van der Waals surface area contributed by atoms with Gasteiger partial charge < -0.3 is 9.84 Å². The van der Waals surface area contributed by atoms with E-state index < -0.39 is 5.92 Å². The lowest BCUT2D eigenvalue weighted by molar-refractivity contribution is 0.0148. The molecule has 4 heteroatoms. The lowest BCUT2D eigenvalue weighted by atomic mass is 10.1. The van der Waals surface area contributed by atoms with E-state index in [-0.39, 0.29) is 17.1 Å². The molecule has 0 fully saturated rings. The summed E-state index contributed by atoms with van der Waals surface area (Å²) in [6, 6.07) is 3.61. The molecule has 0 amide bonds. The summed E-state index contributed by atoms with van der Waals surface area (Å²) in [5.41, 5.74) is -0.310. The summed E-state index contributed by atoms with van der Waals surface area (Å²) in [5.74, 6) is -3.13. The Labute approximate surface area is 74.8 Å². The molecule has 0 aromatic heterocycles. The first-order chi connectivity index (χ1) is 5.95. The zero-order valence-electron chi connectivity index (χ0n) is 7.34. The third-order valence-electron chi connectivity index (χ3n) is 1.66. The number of benzene rings is 1. The Morgan fingerprint density at radius 3 is 2.46 bits per heavy atom. The molecule has 0 aliphatic heterocycles. The zero-order chi connectivity index (χ0) is 10.1. The Morgan fingerprint density at radius 1 is 1.38 bits per heavy atom. The molecule has 1 rings (SSSR count). The highest BCUT2D eigenvalue weighted by molar-refractivity contribution is 5.41. The Balaban J connectivity index is 3.24. The van der Waals surface area contributed by atoms with Crippen LogP contribution in [-0.4, -0.2) is 12.2 Å². The van der Waals surface area contributed by atoms with Crippen molar-refractivity contribution in [1.29, 1.82) is 0 Å². The van der Waals surface area contributed by atoms with Crippen LogP contribution in [0.25, 0.3) is 0 Å². The molecule has 0 aliphatic carbocycles. The fraction of sp³-hybridized carbons (Fsp3) is 0.333. The molecular formula is C9H10F2O2. The summed E-state index contributed by atoms with van der Waals surface area (Å²) in [7, 11) is 1.31. The number of ether oxygens (including phenoxy) is 1. The average Bonchev–Trinajstić information content (AvgIpc) is 2.03. The normalized spacial score (nSPS) is 11.4. The summed E-state index contributed by atoms with van der Waals surface area (Å²) in [4.78, 5) is 0. The molecule has 1 aromatic carbocycles. The largest absolute Gasteiger partial charge is 0.508 e. The van der Waals surface area contributed by atoms with Crippen LogP contribution in [0.4, 0.5) is 8.78 Å². The highest BCUT2D eigenvalue weighted by Gasteiger charge is 2.28. The topological polar surface area (TPSA) is 29.5 Å². The lowest BCUT2D eigenvalue weighted by Crippen LogP contribution is -2.08. The predicted octanol–water partition coefficient (Wildman–Crippen LogP) is 2.51. The minimum absolute atomic E-state index is 0.0744. The fourth-order valence-electron chi connectivity index (χ4n) is 1.04. The highest BCUT2D eigenvalue weighted by Crippen LogP contribution is 2.36. The SMILES string of the molecule is COc1ccc(O)cc1C(C)(F)F. The van der Waals surface area contributed by atoms with Crippen LogP contribution < -0.4 is 4.74 Å². The fourth-order valence-corrected chi connectivity index (χ4v) is 1.04. The highest BCUT2D eigenvalue weighted by atomic mass is 19.3. The van der Waals surface area contributed by atoms with Gasteiger partial charge in [-0.25, -0.2) is 8.78 Å². The van der Waals surface area contributed by atoms with Gasteiger partial charge in [-0.1, -0.05) is 0 Å². The summed E-state index contributed by atoms with van der Waals surface area (Å²) in [6.45, 7) is 0.754. The van der Waals surface area contributed by atoms with E-state index >= 15 is 0 Å². The van der Waals surface area contributed by atoms with Gasteiger partial charge in [0.15, 0.2) is 0 Å². The summed E-state index contributed by atoms with van der Waals surface area (Å²) in [5, 5.41) is 9.01. The number of aromatic hydroxyl groups is 1. The van der Waals surface area contributed by atoms with Gasteiger partial charge in [0.1, 0.15) is 11.5 Å². The van der Waals surface area contributed by atoms with E-state index in [0.29, 0.717) is 0 Å². The Morgan fingerprint density at radius 2 is 2.00 bits per heavy atom. The van der Waals surface area contributed by atoms with Gasteiger partial charge in [-0.15, -0.1) is 0 Å². The summed E-state index contributed by atoms with van der Waals surface area (Å²) >= 11 is 0. The smallest absolute Gasteiger partial charge is 0.274 e. The van der Waals surface area contributed by atoms with Crippen molar-refractivity contribution in [2.75, 3.05) is 7.11 Å². The first-order valence-corrected chi connectivity index (χ1v) is 3.70. The maximum Gasteiger partial charge on any atom is 0.274 e. The van der Waals surface area contributed by atoms with Gasteiger partial charge in [0.2, 0.25) is 0 Å². The van der Waals surface area contributed by atoms with E-state index in [1.54, 1.807) is 0 Å². The third kappa shape index (κ3) is 2.08. The second-order valence-corrected chi connectivity index (χ2v) is 2.77. The van der Waals surface area contributed by atoms with E-state index in [1.807, 2.05) is 0 Å². The molecule has 0 heterocycles. The van der Waals surface area contributed by atoms with Crippen molar-refractivity contribution in [2.24, 2.45) is 0 Å². The average molecular weight is 188 g/mol. The number of phenols is 1. The van der Waals surface area contributed by atoms with Gasteiger partial charge >= 0.3 is 0 Å². The van der Waals surface area contributed by atoms with Gasteiger partial charge in [0, 0.05) is 6.92 Å². The number of hydrogen-bond acceptors (Lipinski definition) is 2. The number of hydrogen-bond donors (Lipinski definition) is 1. The van der Waals surface area contributed by atoms with Gasteiger partial charge in [0.05, 0.1) is 12.7 Å². The Hall–Kier alpha value is -1.32. The third-order valence-corrected chi connectivity index (χ3v) is 1.66. The van der Waals surface area contributed by atoms with E-state index in [4.69, 9.17) is 9.84 Å². The van der Waals surface area contributed by atoms with Crippen molar-refractivity contribution in [2.45, 2.75) is 12.8 Å². The van der Waals surface area contributed by atoms with Gasteiger partial charge in [0.25, 0.3) is 5.92 Å². The van der Waals surface area contributed by atoms with Crippen LogP contribution in [0.15, 0.2) is 18.2 Å². The van der Waals surface area contributed by atoms with E-state index in [1.165, 1.54) is 19.2 Å². The number of phenolic OH excluding ortho intramolecular Hbond substituents is 1. The summed E-state index contributed by atoms with van der Waals surface area (Å²) < 4.78 is 30.5. The Bertz CT molecular complexity index is 305. The van der Waals surface area contributed by atoms with Crippen LogP contribution in [0.2, 0.25) is 0 Å². The maximum absolute atomic E-state index is 12.9. The first kappa shape index (κ1) is 9.77. The second-order valence-electron chi connectivity index (χ2n) is 2.77. The molecule has 0 bridgehead atoms. The standard InChI is InChI=1S/C9H10F2O2/c1-9(10,11)7-5-6(12)3-4-8(7)13-2/h3-5,12H,1-2H3. The molecule has 72 valence electrons. The molecule has 0 unspecified atom stereocenters. The van der Waals surface area contributed by atoms with Crippen LogP contribution in [-0.2, 0) is 5.92 Å². The monoisotopic (exact) mass is 188 g/mol. The van der Waals surface area contributed by atoms with Crippen molar-refractivity contribution in [3.05, 3.63) is 23.8 Å². The van der Waals surface area contributed by atoms with Crippen LogP contribution >= 0.6 is 0 Å². The van der Waals surface area contributed by atoms with Crippen molar-refractivity contribution < 1.29 is 18.6 Å².